The van der Waals surface area contributed by atoms with E-state index in [1.165, 1.54) is 26.7 Å². The van der Waals surface area contributed by atoms with E-state index in [4.69, 9.17) is 18.9 Å². The van der Waals surface area contributed by atoms with E-state index in [0.29, 0.717) is 38.9 Å². The highest BCUT2D eigenvalue weighted by Crippen LogP contribution is 2.70. The zero-order chi connectivity index (χ0) is 41.1. The average molecular weight is 860 g/mol. The molecular formula is C45H55BrN4O8. The van der Waals surface area contributed by atoms with Crippen LogP contribution in [0.25, 0.3) is 10.9 Å². The van der Waals surface area contributed by atoms with Gasteiger partial charge in [0, 0.05) is 96.8 Å². The first-order valence-electron chi connectivity index (χ1n) is 20.7. The maximum atomic E-state index is 15.3. The molecule has 9 rings (SSSR count). The van der Waals surface area contributed by atoms with Crippen LogP contribution in [0.5, 0.6) is 0 Å². The molecule has 1 spiro atoms. The van der Waals surface area contributed by atoms with Crippen LogP contribution in [-0.4, -0.2) is 127 Å². The van der Waals surface area contributed by atoms with Gasteiger partial charge in [0.05, 0.1) is 26.4 Å². The van der Waals surface area contributed by atoms with Crippen molar-refractivity contribution in [2.45, 2.75) is 88.3 Å². The van der Waals surface area contributed by atoms with E-state index in [-0.39, 0.29) is 17.9 Å². The minimum Gasteiger partial charge on any atom is -0.468 e. The number of likely N-dealkylation sites (tertiary alicyclic amines) is 1. The molecule has 2 aromatic rings. The number of methoxy groups -OCH3 is 3. The van der Waals surface area contributed by atoms with Gasteiger partial charge in [-0.3, -0.25) is 19.4 Å². The summed E-state index contributed by atoms with van der Waals surface area (Å²) in [5, 5.41) is 14.4. The van der Waals surface area contributed by atoms with Gasteiger partial charge in [-0.25, -0.2) is 4.79 Å². The summed E-state index contributed by atoms with van der Waals surface area (Å²) in [6.45, 7) is 9.24. The third-order valence-electron chi connectivity index (χ3n) is 15.2. The van der Waals surface area contributed by atoms with Crippen LogP contribution in [0.15, 0.2) is 69.9 Å². The molecule has 7 aliphatic rings. The van der Waals surface area contributed by atoms with Crippen molar-refractivity contribution in [1.29, 1.82) is 0 Å². The predicted molar refractivity (Wildman–Crippen MR) is 220 cm³/mol. The Bertz CT molecular complexity index is 2210. The Morgan fingerprint density at radius 1 is 1.03 bits per heavy atom. The molecule has 3 fully saturated rings. The van der Waals surface area contributed by atoms with Crippen LogP contribution in [0.2, 0.25) is 0 Å². The number of carbonyl (C=O) groups is 3. The molecular weight excluding hydrogens is 804 g/mol. The number of aliphatic hydroxyl groups is 1. The maximum absolute atomic E-state index is 15.3. The van der Waals surface area contributed by atoms with Crippen LogP contribution in [0, 0.1) is 22.7 Å². The SMILES string of the molecule is CCC1=C[C@H]2CN(C1)Cc1c([nH]c3ccc(Br)cc13)[C@@](C(=O)OC)(C1C=C3C(=CC1OC)N(C)[C@H]1[C@@](O)(C(=O)OC)[C@H](OC(C)=O)[C@]4(CC)C=CCN5CC[C@]31[C@@H]54)C2. The highest BCUT2D eigenvalue weighted by atomic mass is 79.9. The van der Waals surface area contributed by atoms with Crippen molar-refractivity contribution in [2.75, 3.05) is 54.6 Å². The van der Waals surface area contributed by atoms with Gasteiger partial charge in [0.15, 0.2) is 6.10 Å². The topological polar surface area (TPSA) is 134 Å². The van der Waals surface area contributed by atoms with Gasteiger partial charge >= 0.3 is 17.9 Å². The quantitative estimate of drug-likeness (QED) is 0.218. The molecule has 2 bridgehead atoms. The number of aromatic amines is 1. The molecule has 3 unspecified atom stereocenters. The molecule has 310 valence electrons. The van der Waals surface area contributed by atoms with Crippen molar-refractivity contribution in [3.8, 4) is 0 Å². The van der Waals surface area contributed by atoms with E-state index in [1.54, 1.807) is 7.11 Å². The Morgan fingerprint density at radius 2 is 1.81 bits per heavy atom. The smallest absolute Gasteiger partial charge is 0.344 e. The number of nitrogens with zero attached hydrogens (tertiary/aromatic N) is 3. The fourth-order valence-electron chi connectivity index (χ4n) is 13.3. The van der Waals surface area contributed by atoms with Crippen molar-refractivity contribution >= 4 is 44.7 Å². The molecule has 1 saturated carbocycles. The van der Waals surface area contributed by atoms with Crippen molar-refractivity contribution in [1.82, 2.24) is 19.7 Å². The molecule has 5 aliphatic heterocycles. The number of hydrogen-bond acceptors (Lipinski definition) is 11. The molecule has 6 heterocycles. The standard InChI is InChI=1S/C45H55BrN4O8/c1-8-26-17-27-21-44(40(52)56-6,36-30(24-49(22-26)23-27)29-18-28(46)11-12-33(29)47-36)32-19-31-34(20-35(32)55-5)48(4)38-43(31)14-16-50-15-10-13-42(9-2,37(43)50)39(58-25(3)51)45(38,54)41(53)57-7/h10-13,17-20,27,32,35,37-39,47,54H,8-9,14-16,21-24H2,1-7H3/t27-,32?,35?,37+,38-,39-,42-,43-,44+,45+/m1/s1. The number of esters is 3. The lowest BCUT2D eigenvalue weighted by Crippen LogP contribution is -2.79. The number of hydrogen-bond donors (Lipinski definition) is 2. The summed E-state index contributed by atoms with van der Waals surface area (Å²) in [5.74, 6) is -2.28. The monoisotopic (exact) mass is 858 g/mol. The first-order chi connectivity index (χ1) is 27.8. The second-order valence-electron chi connectivity index (χ2n) is 17.7. The van der Waals surface area contributed by atoms with Crippen LogP contribution in [0.4, 0.5) is 0 Å². The summed E-state index contributed by atoms with van der Waals surface area (Å²) in [7, 11) is 6.33. The second-order valence-corrected chi connectivity index (χ2v) is 18.6. The van der Waals surface area contributed by atoms with Crippen LogP contribution in [0.3, 0.4) is 0 Å². The molecule has 58 heavy (non-hydrogen) atoms. The second kappa shape index (κ2) is 13.9. The van der Waals surface area contributed by atoms with Crippen molar-refractivity contribution < 1.29 is 38.4 Å². The summed E-state index contributed by atoms with van der Waals surface area (Å²) in [5.41, 5.74) is 0.684. The number of ether oxygens (including phenoxy) is 4. The summed E-state index contributed by atoms with van der Waals surface area (Å²) in [6.07, 6.45) is 11.5. The number of allylic oxidation sites excluding steroid dienone is 1. The zero-order valence-corrected chi connectivity index (χ0v) is 36.1. The number of aromatic nitrogens is 1. The fourth-order valence-corrected chi connectivity index (χ4v) is 13.7. The predicted octanol–water partition coefficient (Wildman–Crippen LogP) is 5.16. The first kappa shape index (κ1) is 39.7. The Kier molecular flexibility index (Phi) is 9.52. The van der Waals surface area contributed by atoms with Crippen LogP contribution in [0.1, 0.15) is 57.7 Å². The van der Waals surface area contributed by atoms with Crippen molar-refractivity contribution in [3.63, 3.8) is 0 Å². The number of nitrogens with one attached hydrogen (secondary N) is 1. The number of halogens is 1. The van der Waals surface area contributed by atoms with Crippen molar-refractivity contribution in [2.24, 2.45) is 22.7 Å². The van der Waals surface area contributed by atoms with Gasteiger partial charge in [-0.15, -0.1) is 0 Å². The van der Waals surface area contributed by atoms with E-state index in [9.17, 15) is 14.7 Å². The van der Waals surface area contributed by atoms with Crippen molar-refractivity contribution in [3.05, 3.63) is 81.2 Å². The average Bonchev–Trinajstić information content (AvgIpc) is 3.86. The molecule has 0 amide bonds. The van der Waals surface area contributed by atoms with Gasteiger partial charge in [0.2, 0.25) is 5.60 Å². The minimum absolute atomic E-state index is 0.0503. The summed E-state index contributed by atoms with van der Waals surface area (Å²) < 4.78 is 25.0. The highest BCUT2D eigenvalue weighted by Gasteiger charge is 2.81. The number of carbonyl (C=O) groups excluding carboxylic acids is 3. The van der Waals surface area contributed by atoms with Gasteiger partial charge in [-0.1, -0.05) is 59.7 Å². The zero-order valence-electron chi connectivity index (χ0n) is 34.5. The lowest BCUT2D eigenvalue weighted by atomic mass is 9.47. The number of H-pyrrole nitrogens is 1. The minimum atomic E-state index is -2.26. The van der Waals surface area contributed by atoms with E-state index < -0.39 is 58.0 Å². The van der Waals surface area contributed by atoms with Crippen LogP contribution < -0.4 is 0 Å². The third-order valence-corrected chi connectivity index (χ3v) is 15.7. The summed E-state index contributed by atoms with van der Waals surface area (Å²) in [4.78, 5) is 53.4. The van der Waals surface area contributed by atoms with Gasteiger partial charge in [0.1, 0.15) is 5.41 Å². The molecule has 12 nitrogen and oxygen atoms in total. The van der Waals surface area contributed by atoms with E-state index in [1.807, 2.05) is 24.9 Å². The first-order valence-corrected chi connectivity index (χ1v) is 21.5. The summed E-state index contributed by atoms with van der Waals surface area (Å²) in [6, 6.07) is 5.08. The van der Waals surface area contributed by atoms with Gasteiger partial charge in [-0.05, 0) is 73.6 Å². The number of likely N-dealkylation sites (N-methyl/N-ethyl adjacent to an activating group) is 1. The molecule has 1 aromatic carbocycles. The van der Waals surface area contributed by atoms with Gasteiger partial charge in [0.25, 0.3) is 0 Å². The van der Waals surface area contributed by atoms with Gasteiger partial charge < -0.3 is 33.9 Å². The van der Waals surface area contributed by atoms with E-state index in [0.717, 1.165) is 57.4 Å². The molecule has 0 radical (unpaired) electrons. The number of benzene rings is 1. The van der Waals surface area contributed by atoms with Crippen LogP contribution in [-0.2, 0) is 45.3 Å². The van der Waals surface area contributed by atoms with Gasteiger partial charge in [-0.2, -0.15) is 0 Å². The number of fused-ring (bicyclic) bond motifs is 6. The van der Waals surface area contributed by atoms with Crippen LogP contribution >= 0.6 is 15.9 Å². The largest absolute Gasteiger partial charge is 0.468 e. The highest BCUT2D eigenvalue weighted by molar-refractivity contribution is 9.10. The summed E-state index contributed by atoms with van der Waals surface area (Å²) >= 11 is 3.73. The lowest BCUT2D eigenvalue weighted by molar-refractivity contribution is -0.243. The Labute approximate surface area is 348 Å². The number of rotatable bonds is 7. The lowest BCUT2D eigenvalue weighted by Gasteiger charge is -2.63. The molecule has 2 aliphatic carbocycles. The van der Waals surface area contributed by atoms with E-state index in [2.05, 4.69) is 80.2 Å². The molecule has 1 aromatic heterocycles. The molecule has 2 saturated heterocycles. The Morgan fingerprint density at radius 3 is 2.50 bits per heavy atom. The third kappa shape index (κ3) is 5.09. The molecule has 13 heteroatoms. The fraction of sp³-hybridized carbons (Fsp3) is 0.578. The maximum Gasteiger partial charge on any atom is 0.344 e. The normalized spacial score (nSPS) is 38.6. The Balaban J connectivity index is 1.34. The molecule has 2 N–H and O–H groups in total. The molecule has 11 atom stereocenters. The van der Waals surface area contributed by atoms with E-state index >= 15 is 4.79 Å². The Hall–Kier alpha value is -3.75.